The predicted molar refractivity (Wildman–Crippen MR) is 125 cm³/mol. The maximum Gasteiger partial charge on any atom is 0.0714 e. The molecule has 5 heteroatoms. The molecule has 0 bridgehead atoms. The number of aromatic nitrogens is 3. The summed E-state index contributed by atoms with van der Waals surface area (Å²) < 4.78 is 7.39. The summed E-state index contributed by atoms with van der Waals surface area (Å²) in [7, 11) is 1.99. The molecule has 1 aliphatic rings. The quantitative estimate of drug-likeness (QED) is 0.485. The van der Waals surface area contributed by atoms with Crippen molar-refractivity contribution in [3.63, 3.8) is 0 Å². The fourth-order valence-electron chi connectivity index (χ4n) is 4.77. The molecule has 0 aliphatic carbocycles. The summed E-state index contributed by atoms with van der Waals surface area (Å²) in [6.45, 7) is 9.06. The molecule has 1 saturated heterocycles. The van der Waals surface area contributed by atoms with E-state index < -0.39 is 0 Å². The molecular formula is C26H28N4O. The van der Waals surface area contributed by atoms with Gasteiger partial charge in [-0.15, -0.1) is 0 Å². The Kier molecular flexibility index (Phi) is 5.30. The number of aryl methyl sites for hydroxylation is 3. The van der Waals surface area contributed by atoms with Crippen molar-refractivity contribution in [3.05, 3.63) is 71.5 Å². The second-order valence-corrected chi connectivity index (χ2v) is 8.37. The first-order chi connectivity index (χ1) is 15.1. The fraction of sp³-hybridized carbons (Fsp3) is 0.308. The second-order valence-electron chi connectivity index (χ2n) is 8.37. The third-order valence-electron chi connectivity index (χ3n) is 6.33. The van der Waals surface area contributed by atoms with Gasteiger partial charge >= 0.3 is 0 Å². The van der Waals surface area contributed by atoms with Crippen LogP contribution in [0.3, 0.4) is 0 Å². The summed E-state index contributed by atoms with van der Waals surface area (Å²) in [6, 6.07) is 15.4. The van der Waals surface area contributed by atoms with E-state index in [1.54, 1.807) is 0 Å². The van der Waals surface area contributed by atoms with E-state index in [4.69, 9.17) is 4.74 Å². The van der Waals surface area contributed by atoms with Gasteiger partial charge in [0.1, 0.15) is 0 Å². The molecule has 158 valence electrons. The molecular weight excluding hydrogens is 384 g/mol. The van der Waals surface area contributed by atoms with Gasteiger partial charge in [-0.25, -0.2) is 0 Å². The summed E-state index contributed by atoms with van der Waals surface area (Å²) in [4.78, 5) is 7.13. The van der Waals surface area contributed by atoms with Gasteiger partial charge in [-0.05, 0) is 59.9 Å². The van der Waals surface area contributed by atoms with Gasteiger partial charge in [-0.1, -0.05) is 24.3 Å². The van der Waals surface area contributed by atoms with E-state index in [-0.39, 0.29) is 0 Å². The standard InChI is InChI=1S/C26H28N4O/c1-18-16-23-26(22(8-10-27-23)24-9-11-28-29(24)3)19(2)25(18)21-6-4-20(5-7-21)17-30-12-14-31-15-13-30/h4-11,16H,12-15,17H2,1-3H3. The highest BCUT2D eigenvalue weighted by Gasteiger charge is 2.16. The van der Waals surface area contributed by atoms with Crippen LogP contribution in [0.15, 0.2) is 54.9 Å². The minimum atomic E-state index is 0.834. The van der Waals surface area contributed by atoms with E-state index in [9.17, 15) is 0 Å². The molecule has 31 heavy (non-hydrogen) atoms. The van der Waals surface area contributed by atoms with Gasteiger partial charge in [-0.3, -0.25) is 14.6 Å². The van der Waals surface area contributed by atoms with E-state index in [0.29, 0.717) is 0 Å². The molecule has 5 nitrogen and oxygen atoms in total. The third-order valence-corrected chi connectivity index (χ3v) is 6.33. The van der Waals surface area contributed by atoms with Gasteiger partial charge in [0.25, 0.3) is 0 Å². The molecule has 1 fully saturated rings. The number of pyridine rings is 1. The number of hydrogen-bond acceptors (Lipinski definition) is 4. The van der Waals surface area contributed by atoms with Crippen LogP contribution in [0.2, 0.25) is 0 Å². The first-order valence-corrected chi connectivity index (χ1v) is 10.9. The van der Waals surface area contributed by atoms with E-state index in [2.05, 4.69) is 71.3 Å². The highest BCUT2D eigenvalue weighted by molar-refractivity contribution is 6.00. The van der Waals surface area contributed by atoms with Crippen LogP contribution in [-0.4, -0.2) is 46.0 Å². The summed E-state index contributed by atoms with van der Waals surface area (Å²) in [5.41, 5.74) is 9.71. The first kappa shape index (κ1) is 19.9. The Hall–Kier alpha value is -3.02. The van der Waals surface area contributed by atoms with Crippen molar-refractivity contribution in [1.29, 1.82) is 0 Å². The molecule has 3 heterocycles. The number of rotatable bonds is 4. The largest absolute Gasteiger partial charge is 0.379 e. The monoisotopic (exact) mass is 412 g/mol. The average molecular weight is 413 g/mol. The van der Waals surface area contributed by atoms with Crippen LogP contribution in [0.4, 0.5) is 0 Å². The lowest BCUT2D eigenvalue weighted by molar-refractivity contribution is 0.0342. The second kappa shape index (κ2) is 8.25. The normalized spacial score (nSPS) is 14.9. The molecule has 0 radical (unpaired) electrons. The molecule has 4 aromatic rings. The molecule has 2 aromatic carbocycles. The Labute approximate surface area is 183 Å². The van der Waals surface area contributed by atoms with Crippen LogP contribution in [0.5, 0.6) is 0 Å². The number of nitrogens with zero attached hydrogens (tertiary/aromatic N) is 4. The van der Waals surface area contributed by atoms with Crippen LogP contribution < -0.4 is 0 Å². The highest BCUT2D eigenvalue weighted by Crippen LogP contribution is 2.37. The topological polar surface area (TPSA) is 43.2 Å². The zero-order valence-electron chi connectivity index (χ0n) is 18.4. The van der Waals surface area contributed by atoms with Crippen molar-refractivity contribution >= 4 is 10.9 Å². The maximum atomic E-state index is 5.47. The van der Waals surface area contributed by atoms with Gasteiger partial charge in [0.15, 0.2) is 0 Å². The van der Waals surface area contributed by atoms with Gasteiger partial charge < -0.3 is 4.74 Å². The van der Waals surface area contributed by atoms with Crippen molar-refractivity contribution in [2.24, 2.45) is 7.05 Å². The lowest BCUT2D eigenvalue weighted by Crippen LogP contribution is -2.35. The van der Waals surface area contributed by atoms with E-state index in [0.717, 1.165) is 44.1 Å². The van der Waals surface area contributed by atoms with Crippen LogP contribution in [0.1, 0.15) is 16.7 Å². The number of ether oxygens (including phenoxy) is 1. The summed E-state index contributed by atoms with van der Waals surface area (Å²) in [6.07, 6.45) is 3.74. The molecule has 0 amide bonds. The minimum Gasteiger partial charge on any atom is -0.379 e. The van der Waals surface area contributed by atoms with Crippen molar-refractivity contribution in [3.8, 4) is 22.4 Å². The van der Waals surface area contributed by atoms with E-state index >= 15 is 0 Å². The number of benzene rings is 2. The third kappa shape index (κ3) is 3.75. The lowest BCUT2D eigenvalue weighted by Gasteiger charge is -2.26. The zero-order chi connectivity index (χ0) is 21.4. The summed E-state index contributed by atoms with van der Waals surface area (Å²) in [5, 5.41) is 5.57. The summed E-state index contributed by atoms with van der Waals surface area (Å²) >= 11 is 0. The Morgan fingerprint density at radius 2 is 1.74 bits per heavy atom. The molecule has 0 N–H and O–H groups in total. The smallest absolute Gasteiger partial charge is 0.0714 e. The lowest BCUT2D eigenvalue weighted by atomic mass is 9.90. The number of hydrogen-bond donors (Lipinski definition) is 0. The van der Waals surface area contributed by atoms with Crippen LogP contribution >= 0.6 is 0 Å². The first-order valence-electron chi connectivity index (χ1n) is 10.9. The molecule has 0 atom stereocenters. The Bertz CT molecular complexity index is 1220. The Morgan fingerprint density at radius 1 is 0.968 bits per heavy atom. The van der Waals surface area contributed by atoms with E-state index in [1.807, 2.05) is 24.1 Å². The molecule has 5 rings (SSSR count). The van der Waals surface area contributed by atoms with Crippen molar-refractivity contribution in [2.45, 2.75) is 20.4 Å². The number of fused-ring (bicyclic) bond motifs is 1. The highest BCUT2D eigenvalue weighted by atomic mass is 16.5. The van der Waals surface area contributed by atoms with Gasteiger partial charge in [0, 0.05) is 50.0 Å². The zero-order valence-corrected chi connectivity index (χ0v) is 18.4. The van der Waals surface area contributed by atoms with Crippen molar-refractivity contribution in [1.82, 2.24) is 19.7 Å². The predicted octanol–water partition coefficient (Wildman–Crippen LogP) is 4.75. The molecule has 0 saturated carbocycles. The molecule has 2 aromatic heterocycles. The van der Waals surface area contributed by atoms with Crippen LogP contribution in [-0.2, 0) is 18.3 Å². The molecule has 0 unspecified atom stereocenters. The van der Waals surface area contributed by atoms with Crippen LogP contribution in [0, 0.1) is 13.8 Å². The van der Waals surface area contributed by atoms with Gasteiger partial charge in [0.2, 0.25) is 0 Å². The van der Waals surface area contributed by atoms with Crippen molar-refractivity contribution < 1.29 is 4.74 Å². The minimum absolute atomic E-state index is 0.834. The molecule has 0 spiro atoms. The maximum absolute atomic E-state index is 5.47. The fourth-order valence-corrected chi connectivity index (χ4v) is 4.77. The Balaban J connectivity index is 1.56. The average Bonchev–Trinajstić information content (AvgIpc) is 3.21. The van der Waals surface area contributed by atoms with E-state index in [1.165, 1.54) is 38.8 Å². The van der Waals surface area contributed by atoms with Gasteiger partial charge in [-0.2, -0.15) is 5.10 Å². The Morgan fingerprint density at radius 3 is 2.45 bits per heavy atom. The number of morpholine rings is 1. The van der Waals surface area contributed by atoms with Crippen molar-refractivity contribution in [2.75, 3.05) is 26.3 Å². The summed E-state index contributed by atoms with van der Waals surface area (Å²) in [5.74, 6) is 0. The molecule has 1 aliphatic heterocycles. The van der Waals surface area contributed by atoms with Gasteiger partial charge in [0.05, 0.1) is 24.4 Å². The van der Waals surface area contributed by atoms with Crippen LogP contribution in [0.25, 0.3) is 33.3 Å². The SMILES string of the molecule is Cc1cc2nccc(-c3ccnn3C)c2c(C)c1-c1ccc(CN2CCOCC2)cc1.